The molecule has 0 aromatic rings. The lowest BCUT2D eigenvalue weighted by Crippen LogP contribution is -2.47. The highest BCUT2D eigenvalue weighted by Crippen LogP contribution is 2.59. The van der Waals surface area contributed by atoms with Crippen LogP contribution in [0.3, 0.4) is 0 Å². The normalized spacial score (nSPS) is 32.7. The molecular formula is C12H18N2O4. The van der Waals surface area contributed by atoms with Crippen molar-refractivity contribution in [3.8, 4) is 0 Å². The molecule has 1 aliphatic heterocycles. The molecule has 1 N–H and O–H groups in total. The molecule has 2 amide bonds. The van der Waals surface area contributed by atoms with Crippen molar-refractivity contribution >= 4 is 18.3 Å². The van der Waals surface area contributed by atoms with Gasteiger partial charge in [-0.25, -0.2) is 4.79 Å². The van der Waals surface area contributed by atoms with Gasteiger partial charge in [0.1, 0.15) is 6.04 Å². The topological polar surface area (TPSA) is 75.7 Å². The number of esters is 1. The average molecular weight is 254 g/mol. The minimum atomic E-state index is -0.491. The van der Waals surface area contributed by atoms with E-state index < -0.39 is 6.04 Å². The maximum atomic E-state index is 12.0. The van der Waals surface area contributed by atoms with Crippen LogP contribution < -0.4 is 5.32 Å². The van der Waals surface area contributed by atoms with Crippen LogP contribution in [0.2, 0.25) is 0 Å². The number of rotatable bonds is 5. The minimum Gasteiger partial charge on any atom is -0.464 e. The summed E-state index contributed by atoms with van der Waals surface area (Å²) in [5, 5.41) is 2.34. The summed E-state index contributed by atoms with van der Waals surface area (Å²) in [6, 6.07) is -0.373. The number of hydrogen-bond donors (Lipinski definition) is 1. The summed E-state index contributed by atoms with van der Waals surface area (Å²) < 4.78 is 5.00. The molecule has 3 atom stereocenters. The van der Waals surface area contributed by atoms with Crippen LogP contribution in [0.5, 0.6) is 0 Å². The fraction of sp³-hybridized carbons (Fsp3) is 0.750. The van der Waals surface area contributed by atoms with Crippen LogP contribution in [0.25, 0.3) is 0 Å². The second-order valence-corrected chi connectivity index (χ2v) is 5.15. The zero-order valence-electron chi connectivity index (χ0n) is 10.6. The molecule has 6 nitrogen and oxygen atoms in total. The Morgan fingerprint density at radius 1 is 1.50 bits per heavy atom. The zero-order chi connectivity index (χ0) is 13.3. The first-order valence-corrected chi connectivity index (χ1v) is 6.18. The van der Waals surface area contributed by atoms with Crippen LogP contribution in [-0.2, 0) is 19.1 Å². The number of carbonyl (C=O) groups excluding carboxylic acids is 3. The fourth-order valence-electron chi connectivity index (χ4n) is 2.80. The number of nitrogens with one attached hydrogen (secondary N) is 1. The Kier molecular flexibility index (Phi) is 3.28. The van der Waals surface area contributed by atoms with E-state index in [1.165, 1.54) is 0 Å². The number of carbonyl (C=O) groups is 3. The van der Waals surface area contributed by atoms with Crippen molar-refractivity contribution in [2.45, 2.75) is 38.8 Å². The summed E-state index contributed by atoms with van der Waals surface area (Å²) >= 11 is 0. The van der Waals surface area contributed by atoms with Crippen LogP contribution in [0, 0.1) is 5.41 Å². The molecule has 1 aliphatic carbocycles. The molecule has 6 heteroatoms. The number of amides is 2. The Bertz CT molecular complexity index is 384. The number of ether oxygens (including phenoxy) is 1. The van der Waals surface area contributed by atoms with E-state index in [0.29, 0.717) is 19.4 Å². The molecule has 0 spiro atoms. The lowest BCUT2D eigenvalue weighted by molar-refractivity contribution is -0.153. The summed E-state index contributed by atoms with van der Waals surface area (Å²) in [7, 11) is 0. The second kappa shape index (κ2) is 4.59. The predicted octanol–water partition coefficient (Wildman–Crippen LogP) is -0.325. The lowest BCUT2D eigenvalue weighted by Gasteiger charge is -2.25. The van der Waals surface area contributed by atoms with E-state index in [2.05, 4.69) is 12.2 Å². The summed E-state index contributed by atoms with van der Waals surface area (Å²) in [6.07, 6.45) is 2.07. The maximum absolute atomic E-state index is 12.0. The number of fused-ring (bicyclic) bond motifs is 1. The largest absolute Gasteiger partial charge is 0.464 e. The van der Waals surface area contributed by atoms with Gasteiger partial charge in [0.05, 0.1) is 13.2 Å². The smallest absolute Gasteiger partial charge is 0.328 e. The molecule has 2 rings (SSSR count). The van der Waals surface area contributed by atoms with Gasteiger partial charge in [0.25, 0.3) is 0 Å². The standard InChI is InChI=1S/C12H18N2O4/c1-3-18-11(17)8-4-12(2)5-9(12)14(8)10(16)6-13-7-15/h7-9H,3-6H2,1-2H3,(H,13,15)/t8?,9?,12-/m1/s1. The lowest BCUT2D eigenvalue weighted by atomic mass is 10.0. The molecule has 100 valence electrons. The highest BCUT2D eigenvalue weighted by molar-refractivity contribution is 5.88. The SMILES string of the molecule is CCOC(=O)C1C[C@]2(C)CC2N1C(=O)CNC=O. The van der Waals surface area contributed by atoms with Crippen LogP contribution in [-0.4, -0.2) is 48.4 Å². The highest BCUT2D eigenvalue weighted by atomic mass is 16.5. The number of nitrogens with zero attached hydrogens (tertiary/aromatic N) is 1. The molecule has 0 radical (unpaired) electrons. The van der Waals surface area contributed by atoms with Crippen molar-refractivity contribution in [3.63, 3.8) is 0 Å². The number of hydrogen-bond acceptors (Lipinski definition) is 4. The van der Waals surface area contributed by atoms with Gasteiger partial charge in [-0.3, -0.25) is 9.59 Å². The van der Waals surface area contributed by atoms with Crippen LogP contribution in [0.15, 0.2) is 0 Å². The van der Waals surface area contributed by atoms with Gasteiger partial charge < -0.3 is 15.0 Å². The fourth-order valence-corrected chi connectivity index (χ4v) is 2.80. The quantitative estimate of drug-likeness (QED) is 0.538. The summed E-state index contributed by atoms with van der Waals surface area (Å²) in [5.74, 6) is -0.559. The number of piperidine rings is 1. The monoisotopic (exact) mass is 254 g/mol. The molecule has 1 saturated heterocycles. The molecular weight excluding hydrogens is 236 g/mol. The van der Waals surface area contributed by atoms with Gasteiger partial charge >= 0.3 is 5.97 Å². The Morgan fingerprint density at radius 2 is 2.22 bits per heavy atom. The minimum absolute atomic E-state index is 0.0499. The third kappa shape index (κ3) is 2.07. The van der Waals surface area contributed by atoms with Crippen molar-refractivity contribution in [2.75, 3.05) is 13.2 Å². The Balaban J connectivity index is 2.07. The van der Waals surface area contributed by atoms with E-state index in [1.807, 2.05) is 0 Å². The second-order valence-electron chi connectivity index (χ2n) is 5.15. The van der Waals surface area contributed by atoms with Gasteiger partial charge in [0.15, 0.2) is 0 Å². The van der Waals surface area contributed by atoms with Crippen molar-refractivity contribution < 1.29 is 19.1 Å². The Morgan fingerprint density at radius 3 is 2.83 bits per heavy atom. The van der Waals surface area contributed by atoms with E-state index in [0.717, 1.165) is 6.42 Å². The average Bonchev–Trinajstić information content (AvgIpc) is 2.89. The van der Waals surface area contributed by atoms with Crippen molar-refractivity contribution in [2.24, 2.45) is 5.41 Å². The van der Waals surface area contributed by atoms with E-state index in [-0.39, 0.29) is 29.9 Å². The molecule has 2 unspecified atom stereocenters. The summed E-state index contributed by atoms with van der Waals surface area (Å²) in [6.45, 7) is 4.07. The van der Waals surface area contributed by atoms with Crippen LogP contribution in [0.1, 0.15) is 26.7 Å². The summed E-state index contributed by atoms with van der Waals surface area (Å²) in [4.78, 5) is 35.7. The highest BCUT2D eigenvalue weighted by Gasteiger charge is 2.64. The van der Waals surface area contributed by atoms with Crippen molar-refractivity contribution in [1.82, 2.24) is 10.2 Å². The molecule has 0 bridgehead atoms. The van der Waals surface area contributed by atoms with Gasteiger partial charge in [-0.05, 0) is 25.2 Å². The molecule has 0 aromatic carbocycles. The molecule has 18 heavy (non-hydrogen) atoms. The van der Waals surface area contributed by atoms with Crippen LogP contribution >= 0.6 is 0 Å². The van der Waals surface area contributed by atoms with Gasteiger partial charge in [-0.15, -0.1) is 0 Å². The Hall–Kier alpha value is -1.59. The van der Waals surface area contributed by atoms with Crippen molar-refractivity contribution in [1.29, 1.82) is 0 Å². The first-order valence-electron chi connectivity index (χ1n) is 6.18. The van der Waals surface area contributed by atoms with Crippen molar-refractivity contribution in [3.05, 3.63) is 0 Å². The van der Waals surface area contributed by atoms with Gasteiger partial charge in [-0.1, -0.05) is 6.92 Å². The Labute approximate surface area is 106 Å². The molecule has 1 heterocycles. The van der Waals surface area contributed by atoms with E-state index >= 15 is 0 Å². The predicted molar refractivity (Wildman–Crippen MR) is 62.5 cm³/mol. The molecule has 1 saturated carbocycles. The van der Waals surface area contributed by atoms with Gasteiger partial charge in [0.2, 0.25) is 12.3 Å². The van der Waals surface area contributed by atoms with E-state index in [4.69, 9.17) is 4.74 Å². The first-order chi connectivity index (χ1) is 8.53. The molecule has 2 fully saturated rings. The molecule has 2 aliphatic rings. The number of likely N-dealkylation sites (tertiary alicyclic amines) is 1. The summed E-state index contributed by atoms with van der Waals surface area (Å²) in [5.41, 5.74) is 0.0499. The zero-order valence-corrected chi connectivity index (χ0v) is 10.6. The first kappa shape index (κ1) is 12.9. The van der Waals surface area contributed by atoms with E-state index in [9.17, 15) is 14.4 Å². The van der Waals surface area contributed by atoms with Gasteiger partial charge in [0, 0.05) is 6.04 Å². The van der Waals surface area contributed by atoms with E-state index in [1.54, 1.807) is 11.8 Å². The third-order valence-corrected chi connectivity index (χ3v) is 3.82. The molecule has 0 aromatic heterocycles. The van der Waals surface area contributed by atoms with Crippen LogP contribution in [0.4, 0.5) is 0 Å². The van der Waals surface area contributed by atoms with Gasteiger partial charge in [-0.2, -0.15) is 0 Å². The maximum Gasteiger partial charge on any atom is 0.328 e. The third-order valence-electron chi connectivity index (χ3n) is 3.82.